The zero-order chi connectivity index (χ0) is 33.4. The Kier molecular flexibility index (Phi) is 6.67. The van der Waals surface area contributed by atoms with Crippen LogP contribution >= 0.6 is 11.3 Å². The number of para-hydroxylation sites is 1. The van der Waals surface area contributed by atoms with E-state index in [0.29, 0.717) is 16.1 Å². The summed E-state index contributed by atoms with van der Waals surface area (Å²) >= 11 is 1.17. The van der Waals surface area contributed by atoms with E-state index < -0.39 is 51.7 Å². The lowest BCUT2D eigenvalue weighted by Gasteiger charge is -2.41. The average Bonchev–Trinajstić information content (AvgIpc) is 3.83. The van der Waals surface area contributed by atoms with Crippen LogP contribution in [0.5, 0.6) is 0 Å². The number of benzene rings is 4. The average molecular weight is 657 g/mol. The van der Waals surface area contributed by atoms with Crippen molar-refractivity contribution in [3.63, 3.8) is 0 Å². The van der Waals surface area contributed by atoms with Crippen molar-refractivity contribution in [3.05, 3.63) is 154 Å². The lowest BCUT2D eigenvalue weighted by atomic mass is 9.59. The molecule has 7 nitrogen and oxygen atoms in total. The number of aliphatic hydroxyl groups is 1. The highest BCUT2D eigenvalue weighted by Gasteiger charge is 2.82. The quantitative estimate of drug-likeness (QED) is 0.225. The minimum atomic E-state index is -2.26. The van der Waals surface area contributed by atoms with Crippen LogP contribution in [0.3, 0.4) is 0 Å². The molecular weight excluding hydrogens is 628 g/mol. The summed E-state index contributed by atoms with van der Waals surface area (Å²) in [4.78, 5) is 62.2. The summed E-state index contributed by atoms with van der Waals surface area (Å²) in [6, 6.07) is 31.9. The number of halogens is 1. The first-order valence-electron chi connectivity index (χ1n) is 15.6. The van der Waals surface area contributed by atoms with Gasteiger partial charge in [-0.2, -0.15) is 0 Å². The number of ketones is 1. The molecule has 5 aromatic rings. The molecule has 0 bridgehead atoms. The molecule has 1 saturated carbocycles. The standard InChI is InChI=1S/C39H29FN2O5S/c1-24(43)42-31-19-18-27(40)21-29(31)39(36(42)46)34(33(44)26-13-6-3-7-14-26)37(23-38(39,47)32-17-10-20-48-32)28-15-8-9-16-30(28)41(35(37)45)22-25-11-4-2-5-12-25/h2-21,34,47H,22-23H2,1H3/t34-,37-,38+,39+/m1/s1. The molecular formula is C39H29FN2O5S. The van der Waals surface area contributed by atoms with Crippen LogP contribution in [0.1, 0.15) is 45.3 Å². The maximum atomic E-state index is 15.4. The molecule has 3 amide bonds. The van der Waals surface area contributed by atoms with Gasteiger partial charge in [0.1, 0.15) is 16.8 Å². The van der Waals surface area contributed by atoms with Crippen LogP contribution in [0, 0.1) is 11.7 Å². The van der Waals surface area contributed by atoms with E-state index in [-0.39, 0.29) is 29.8 Å². The van der Waals surface area contributed by atoms with E-state index >= 15 is 18.8 Å². The molecule has 4 atom stereocenters. The smallest absolute Gasteiger partial charge is 0.248 e. The van der Waals surface area contributed by atoms with Crippen LogP contribution in [0.4, 0.5) is 15.8 Å². The largest absolute Gasteiger partial charge is 0.383 e. The zero-order valence-electron chi connectivity index (χ0n) is 25.8. The van der Waals surface area contributed by atoms with E-state index in [9.17, 15) is 9.90 Å². The van der Waals surface area contributed by atoms with E-state index in [1.165, 1.54) is 24.3 Å². The van der Waals surface area contributed by atoms with Crippen LogP contribution in [0.15, 0.2) is 121 Å². The number of carbonyl (C=O) groups is 4. The predicted octanol–water partition coefficient (Wildman–Crippen LogP) is 6.29. The number of thiophene rings is 1. The van der Waals surface area contributed by atoms with Gasteiger partial charge >= 0.3 is 0 Å². The van der Waals surface area contributed by atoms with Crippen molar-refractivity contribution in [2.45, 2.75) is 36.3 Å². The fraction of sp³-hybridized carbons (Fsp3) is 0.179. The number of Topliss-reactive ketones (excluding diaryl/α,β-unsaturated/α-hetero) is 1. The van der Waals surface area contributed by atoms with Gasteiger partial charge in [0, 0.05) is 29.5 Å². The number of imide groups is 1. The number of anilines is 2. The van der Waals surface area contributed by atoms with Crippen molar-refractivity contribution in [2.75, 3.05) is 9.80 Å². The third-order valence-corrected chi connectivity index (χ3v) is 11.3. The van der Waals surface area contributed by atoms with E-state index in [0.717, 1.165) is 22.6 Å². The molecule has 2 aliphatic heterocycles. The van der Waals surface area contributed by atoms with Crippen molar-refractivity contribution in [1.29, 1.82) is 0 Å². The van der Waals surface area contributed by atoms with Crippen LogP contribution in [0.25, 0.3) is 0 Å². The Hall–Kier alpha value is -5.25. The first kappa shape index (κ1) is 30.1. The van der Waals surface area contributed by atoms with Gasteiger partial charge in [-0.25, -0.2) is 9.29 Å². The molecule has 4 aromatic carbocycles. The molecule has 1 aromatic heterocycles. The van der Waals surface area contributed by atoms with Gasteiger partial charge < -0.3 is 10.0 Å². The fourth-order valence-corrected chi connectivity index (χ4v) is 9.46. The van der Waals surface area contributed by atoms with Crippen molar-refractivity contribution >= 4 is 46.2 Å². The van der Waals surface area contributed by atoms with Gasteiger partial charge in [-0.3, -0.25) is 19.2 Å². The van der Waals surface area contributed by atoms with Crippen LogP contribution in [-0.2, 0) is 37.4 Å². The zero-order valence-corrected chi connectivity index (χ0v) is 26.6. The molecule has 2 spiro atoms. The van der Waals surface area contributed by atoms with Gasteiger partial charge in [-0.1, -0.05) is 84.9 Å². The molecule has 9 heteroatoms. The molecule has 3 aliphatic rings. The van der Waals surface area contributed by atoms with E-state index in [1.807, 2.05) is 30.3 Å². The SMILES string of the molecule is CC(=O)N1C(=O)[C@]2(c3cc(F)ccc31)[C@H](C(=O)c1ccccc1)[C@]1(C[C@]2(O)c2cccs2)C(=O)N(Cc2ccccc2)c2ccccc21. The van der Waals surface area contributed by atoms with Gasteiger partial charge in [-0.05, 0) is 52.4 Å². The fourth-order valence-electron chi connectivity index (χ4n) is 8.57. The van der Waals surface area contributed by atoms with Crippen molar-refractivity contribution in [2.24, 2.45) is 5.92 Å². The summed E-state index contributed by atoms with van der Waals surface area (Å²) in [6.07, 6.45) is -0.363. The molecule has 8 rings (SSSR count). The summed E-state index contributed by atoms with van der Waals surface area (Å²) in [5, 5.41) is 15.2. The minimum absolute atomic E-state index is 0.00320. The molecule has 0 radical (unpaired) electrons. The van der Waals surface area contributed by atoms with E-state index in [2.05, 4.69) is 0 Å². The van der Waals surface area contributed by atoms with Crippen molar-refractivity contribution in [3.8, 4) is 0 Å². The third kappa shape index (κ3) is 3.77. The summed E-state index contributed by atoms with van der Waals surface area (Å²) in [6.45, 7) is 1.39. The lowest BCUT2D eigenvalue weighted by molar-refractivity contribution is -0.137. The summed E-state index contributed by atoms with van der Waals surface area (Å²) in [5.41, 5.74) is -4.10. The highest BCUT2D eigenvalue weighted by Crippen LogP contribution is 2.72. The molecule has 238 valence electrons. The molecule has 0 unspecified atom stereocenters. The van der Waals surface area contributed by atoms with Gasteiger partial charge in [-0.15, -0.1) is 11.3 Å². The highest BCUT2D eigenvalue weighted by molar-refractivity contribution is 7.10. The number of hydrogen-bond donors (Lipinski definition) is 1. The van der Waals surface area contributed by atoms with Crippen molar-refractivity contribution < 1.29 is 28.7 Å². The Bertz CT molecular complexity index is 2140. The summed E-state index contributed by atoms with van der Waals surface area (Å²) < 4.78 is 15.4. The second-order valence-corrected chi connectivity index (χ2v) is 13.6. The normalized spacial score (nSPS) is 25.6. The molecule has 1 N–H and O–H groups in total. The maximum absolute atomic E-state index is 15.4. The monoisotopic (exact) mass is 656 g/mol. The topological polar surface area (TPSA) is 95.0 Å². The Labute approximate surface area is 279 Å². The van der Waals surface area contributed by atoms with Gasteiger partial charge in [0.05, 0.1) is 23.6 Å². The van der Waals surface area contributed by atoms with Crippen LogP contribution in [0.2, 0.25) is 0 Å². The molecule has 3 heterocycles. The first-order chi connectivity index (χ1) is 23.2. The van der Waals surface area contributed by atoms with Gasteiger partial charge in [0.25, 0.3) is 0 Å². The summed E-state index contributed by atoms with van der Waals surface area (Å²) in [7, 11) is 0. The minimum Gasteiger partial charge on any atom is -0.383 e. The van der Waals surface area contributed by atoms with Gasteiger partial charge in [0.2, 0.25) is 17.7 Å². The highest BCUT2D eigenvalue weighted by atomic mass is 32.1. The van der Waals surface area contributed by atoms with Gasteiger partial charge in [0.15, 0.2) is 5.78 Å². The number of fused-ring (bicyclic) bond motifs is 4. The maximum Gasteiger partial charge on any atom is 0.248 e. The van der Waals surface area contributed by atoms with E-state index in [1.54, 1.807) is 77.0 Å². The molecule has 48 heavy (non-hydrogen) atoms. The Morgan fingerprint density at radius 1 is 0.833 bits per heavy atom. The summed E-state index contributed by atoms with van der Waals surface area (Å²) in [5.74, 6) is -4.84. The number of rotatable bonds is 5. The van der Waals surface area contributed by atoms with Crippen molar-refractivity contribution in [1.82, 2.24) is 0 Å². The number of amides is 3. The lowest BCUT2D eigenvalue weighted by Crippen LogP contribution is -2.59. The predicted molar refractivity (Wildman–Crippen MR) is 179 cm³/mol. The number of hydrogen-bond acceptors (Lipinski definition) is 6. The number of carbonyl (C=O) groups excluding carboxylic acids is 4. The van der Waals surface area contributed by atoms with Crippen LogP contribution in [-0.4, -0.2) is 28.6 Å². The second kappa shape index (κ2) is 10.6. The molecule has 1 aliphatic carbocycles. The van der Waals surface area contributed by atoms with Crippen LogP contribution < -0.4 is 9.80 Å². The third-order valence-electron chi connectivity index (χ3n) is 10.3. The number of nitrogens with zero attached hydrogens (tertiary/aromatic N) is 2. The Balaban J connectivity index is 1.50. The molecule has 0 saturated heterocycles. The van der Waals surface area contributed by atoms with E-state index in [4.69, 9.17) is 0 Å². The Morgan fingerprint density at radius 2 is 1.52 bits per heavy atom. The molecule has 1 fully saturated rings. The second-order valence-electron chi connectivity index (χ2n) is 12.7. The first-order valence-corrected chi connectivity index (χ1v) is 16.5. The Morgan fingerprint density at radius 3 is 2.21 bits per heavy atom.